The Hall–Kier alpha value is -3.53. The molecule has 1 aliphatic heterocycles. The zero-order valence-corrected chi connectivity index (χ0v) is 22.0. The van der Waals surface area contributed by atoms with Crippen LogP contribution in [0.15, 0.2) is 30.9 Å². The number of fused-ring (bicyclic) bond motifs is 2. The van der Waals surface area contributed by atoms with E-state index in [0.29, 0.717) is 47.5 Å². The minimum Gasteiger partial charge on any atom is -0.406 e. The minimum absolute atomic E-state index is 0.143. The SMILES string of the molecule is CC(C)N(CCCCc1nc2ccc(OC(F)(F)F)cc2[nH]1)C[C@H]1OC[C@@](O)(n2cnc3c(N)ncnc32)[C@@H]1O. The number of hydrogen-bond donors (Lipinski definition) is 4. The molecule has 1 saturated heterocycles. The number of H-pyrrole nitrogens is 1. The molecule has 0 aliphatic carbocycles. The molecule has 5 N–H and O–H groups in total. The zero-order chi connectivity index (χ0) is 28.7. The lowest BCUT2D eigenvalue weighted by Crippen LogP contribution is -2.49. The molecular weight excluding hydrogens is 533 g/mol. The Kier molecular flexibility index (Phi) is 7.56. The first-order chi connectivity index (χ1) is 18.9. The number of aromatic amines is 1. The molecule has 12 nitrogen and oxygen atoms in total. The van der Waals surface area contributed by atoms with E-state index in [2.05, 4.69) is 34.6 Å². The maximum absolute atomic E-state index is 12.5. The Balaban J connectivity index is 1.17. The maximum Gasteiger partial charge on any atom is 0.573 e. The third kappa shape index (κ3) is 5.68. The molecule has 4 aromatic rings. The second kappa shape index (κ2) is 10.8. The summed E-state index contributed by atoms with van der Waals surface area (Å²) in [6.45, 7) is 5.01. The number of alkyl halides is 3. The van der Waals surface area contributed by atoms with Gasteiger partial charge >= 0.3 is 6.36 Å². The highest BCUT2D eigenvalue weighted by atomic mass is 19.4. The molecule has 0 amide bonds. The van der Waals surface area contributed by atoms with E-state index in [4.69, 9.17) is 10.5 Å². The first kappa shape index (κ1) is 28.0. The van der Waals surface area contributed by atoms with Gasteiger partial charge in [0.15, 0.2) is 17.2 Å². The molecule has 1 fully saturated rings. The summed E-state index contributed by atoms with van der Waals surface area (Å²) in [7, 11) is 0. The number of nitrogens with zero attached hydrogens (tertiary/aromatic N) is 6. The van der Waals surface area contributed by atoms with E-state index in [9.17, 15) is 23.4 Å². The molecule has 1 aliphatic rings. The fourth-order valence-electron chi connectivity index (χ4n) is 4.96. The summed E-state index contributed by atoms with van der Waals surface area (Å²) in [6, 6.07) is 4.14. The lowest BCUT2D eigenvalue weighted by molar-refractivity contribution is -0.274. The third-order valence-electron chi connectivity index (χ3n) is 7.10. The number of nitrogens with two attached hydrogens (primary N) is 1. The van der Waals surface area contributed by atoms with Crippen molar-refractivity contribution in [3.05, 3.63) is 36.7 Å². The van der Waals surface area contributed by atoms with Crippen LogP contribution in [0.3, 0.4) is 0 Å². The molecule has 0 saturated carbocycles. The van der Waals surface area contributed by atoms with Crippen LogP contribution < -0.4 is 10.5 Å². The normalized spacial score (nSPS) is 21.8. The van der Waals surface area contributed by atoms with E-state index in [-0.39, 0.29) is 24.2 Å². The smallest absolute Gasteiger partial charge is 0.406 e. The molecule has 3 aromatic heterocycles. The highest BCUT2D eigenvalue weighted by Crippen LogP contribution is 2.33. The fraction of sp³-hybridized carbons (Fsp3) is 0.520. The van der Waals surface area contributed by atoms with Crippen molar-refractivity contribution in [1.29, 1.82) is 0 Å². The van der Waals surface area contributed by atoms with Crippen molar-refractivity contribution in [1.82, 2.24) is 34.4 Å². The van der Waals surface area contributed by atoms with Crippen LogP contribution in [-0.4, -0.2) is 88.9 Å². The van der Waals surface area contributed by atoms with E-state index >= 15 is 0 Å². The topological polar surface area (TPSA) is 160 Å². The number of aliphatic hydroxyl groups is 2. The van der Waals surface area contributed by atoms with Crippen LogP contribution in [-0.2, 0) is 16.9 Å². The van der Waals surface area contributed by atoms with Gasteiger partial charge in [0.05, 0.1) is 24.0 Å². The molecule has 216 valence electrons. The summed E-state index contributed by atoms with van der Waals surface area (Å²) in [5.74, 6) is 0.544. The van der Waals surface area contributed by atoms with Crippen LogP contribution in [0.1, 0.15) is 32.5 Å². The van der Waals surface area contributed by atoms with Crippen LogP contribution in [0.2, 0.25) is 0 Å². The number of benzene rings is 1. The number of nitrogens with one attached hydrogen (secondary N) is 1. The Labute approximate surface area is 227 Å². The number of aromatic nitrogens is 6. The number of hydrogen-bond acceptors (Lipinski definition) is 10. The number of rotatable bonds is 10. The van der Waals surface area contributed by atoms with Gasteiger partial charge < -0.3 is 30.4 Å². The summed E-state index contributed by atoms with van der Waals surface area (Å²) < 4.78 is 48.7. The van der Waals surface area contributed by atoms with Crippen molar-refractivity contribution in [3.63, 3.8) is 0 Å². The van der Waals surface area contributed by atoms with Crippen molar-refractivity contribution in [2.45, 2.75) is 63.4 Å². The molecule has 0 bridgehead atoms. The molecule has 5 rings (SSSR count). The Morgan fingerprint density at radius 2 is 2.08 bits per heavy atom. The summed E-state index contributed by atoms with van der Waals surface area (Å²) in [4.78, 5) is 21.9. The Morgan fingerprint density at radius 1 is 1.27 bits per heavy atom. The van der Waals surface area contributed by atoms with Crippen LogP contribution in [0.25, 0.3) is 22.2 Å². The fourth-order valence-corrected chi connectivity index (χ4v) is 4.96. The van der Waals surface area contributed by atoms with Gasteiger partial charge in [-0.1, -0.05) is 0 Å². The van der Waals surface area contributed by atoms with Crippen molar-refractivity contribution in [2.24, 2.45) is 0 Å². The van der Waals surface area contributed by atoms with Gasteiger partial charge in [0.2, 0.25) is 0 Å². The highest BCUT2D eigenvalue weighted by Gasteiger charge is 2.50. The maximum atomic E-state index is 12.5. The summed E-state index contributed by atoms with van der Waals surface area (Å²) in [6.07, 6.45) is -1.85. The van der Waals surface area contributed by atoms with Gasteiger partial charge in [-0.2, -0.15) is 0 Å². The molecule has 0 spiro atoms. The Morgan fingerprint density at radius 3 is 2.83 bits per heavy atom. The van der Waals surface area contributed by atoms with Crippen molar-refractivity contribution >= 4 is 28.0 Å². The number of anilines is 1. The first-order valence-electron chi connectivity index (χ1n) is 12.9. The number of aryl methyl sites for hydroxylation is 1. The molecule has 0 radical (unpaired) electrons. The van der Waals surface area contributed by atoms with Gasteiger partial charge in [-0.15, -0.1) is 13.2 Å². The highest BCUT2D eigenvalue weighted by molar-refractivity contribution is 5.81. The van der Waals surface area contributed by atoms with Crippen LogP contribution in [0.5, 0.6) is 5.75 Å². The second-order valence-corrected chi connectivity index (χ2v) is 10.2. The Bertz CT molecular complexity index is 1480. The molecular formula is C25H31F3N8O4. The quantitative estimate of drug-likeness (QED) is 0.211. The van der Waals surface area contributed by atoms with Crippen molar-refractivity contribution < 1.29 is 32.9 Å². The summed E-state index contributed by atoms with van der Waals surface area (Å²) >= 11 is 0. The van der Waals surface area contributed by atoms with E-state index in [1.165, 1.54) is 35.4 Å². The number of halogens is 3. The predicted molar refractivity (Wildman–Crippen MR) is 138 cm³/mol. The molecule has 40 heavy (non-hydrogen) atoms. The summed E-state index contributed by atoms with van der Waals surface area (Å²) in [5, 5.41) is 22.5. The van der Waals surface area contributed by atoms with Crippen LogP contribution in [0, 0.1) is 0 Å². The first-order valence-corrected chi connectivity index (χ1v) is 12.9. The van der Waals surface area contributed by atoms with Gasteiger partial charge in [-0.25, -0.2) is 19.9 Å². The second-order valence-electron chi connectivity index (χ2n) is 10.2. The van der Waals surface area contributed by atoms with Gasteiger partial charge in [-0.05, 0) is 45.4 Å². The number of unbranched alkanes of at least 4 members (excludes halogenated alkanes) is 1. The lowest BCUT2D eigenvalue weighted by Gasteiger charge is -2.32. The minimum atomic E-state index is -4.76. The van der Waals surface area contributed by atoms with Gasteiger partial charge in [0.25, 0.3) is 0 Å². The number of nitrogen functional groups attached to an aromatic ring is 1. The molecule has 3 atom stereocenters. The van der Waals surface area contributed by atoms with E-state index in [0.717, 1.165) is 12.8 Å². The molecule has 4 heterocycles. The molecule has 15 heteroatoms. The van der Waals surface area contributed by atoms with Gasteiger partial charge in [0.1, 0.15) is 35.6 Å². The average Bonchev–Trinajstić information content (AvgIpc) is 3.57. The standard InChI is InChI=1S/C25H31F3N8O4/c1-14(2)35(8-4-3-5-19-33-16-7-6-15(9-17(16)34-19)40-25(26,27)28)10-18-21(37)24(38,11-39-18)36-13-32-20-22(29)30-12-31-23(20)36/h6-7,9,12-14,18,21,37-38H,3-5,8,10-11H2,1-2H3,(H,33,34)(H2,29,30,31)/t18-,21-,24+/m1/s1. The van der Waals surface area contributed by atoms with E-state index in [1.807, 2.05) is 13.8 Å². The number of aliphatic hydroxyl groups excluding tert-OH is 1. The number of ether oxygens (including phenoxy) is 2. The van der Waals surface area contributed by atoms with E-state index in [1.54, 1.807) is 0 Å². The largest absolute Gasteiger partial charge is 0.573 e. The van der Waals surface area contributed by atoms with Crippen molar-refractivity contribution in [3.8, 4) is 5.75 Å². The molecule has 1 aromatic carbocycles. The van der Waals surface area contributed by atoms with E-state index < -0.39 is 24.3 Å². The van der Waals surface area contributed by atoms with Crippen LogP contribution >= 0.6 is 0 Å². The summed E-state index contributed by atoms with van der Waals surface area (Å²) in [5.41, 5.74) is 5.75. The van der Waals surface area contributed by atoms with Gasteiger partial charge in [-0.3, -0.25) is 9.47 Å². The lowest BCUT2D eigenvalue weighted by atomic mass is 10.0. The van der Waals surface area contributed by atoms with Crippen LogP contribution in [0.4, 0.5) is 19.0 Å². The number of imidazole rings is 2. The molecule has 0 unspecified atom stereocenters. The third-order valence-corrected chi connectivity index (χ3v) is 7.10. The average molecular weight is 565 g/mol. The predicted octanol–water partition coefficient (Wildman–Crippen LogP) is 2.32. The van der Waals surface area contributed by atoms with Gasteiger partial charge in [0, 0.05) is 25.1 Å². The van der Waals surface area contributed by atoms with Crippen molar-refractivity contribution in [2.75, 3.05) is 25.4 Å². The zero-order valence-electron chi connectivity index (χ0n) is 22.0. The monoisotopic (exact) mass is 564 g/mol.